The molecule has 3 heterocycles. The second kappa shape index (κ2) is 7.48. The Kier molecular flexibility index (Phi) is 5.03. The van der Waals surface area contributed by atoms with Crippen LogP contribution in [-0.2, 0) is 6.54 Å². The van der Waals surface area contributed by atoms with E-state index in [1.54, 1.807) is 11.8 Å². The first-order chi connectivity index (χ1) is 13.4. The van der Waals surface area contributed by atoms with Crippen LogP contribution in [0.15, 0.2) is 34.6 Å². The first-order valence-electron chi connectivity index (χ1n) is 9.16. The molecule has 1 aliphatic rings. The van der Waals surface area contributed by atoms with Gasteiger partial charge in [-0.05, 0) is 23.6 Å². The van der Waals surface area contributed by atoms with Gasteiger partial charge in [0.15, 0.2) is 33.6 Å². The first-order valence-corrected chi connectivity index (χ1v) is 9.97. The van der Waals surface area contributed by atoms with Gasteiger partial charge in [-0.25, -0.2) is 15.0 Å². The number of nitrogens with zero attached hydrogens (tertiary/aromatic N) is 4. The number of benzene rings is 1. The summed E-state index contributed by atoms with van der Waals surface area (Å²) in [5.74, 6) is 1.90. The number of rotatable bonds is 6. The van der Waals surface area contributed by atoms with Crippen molar-refractivity contribution >= 4 is 28.7 Å². The normalized spacial score (nSPS) is 13.4. The highest BCUT2D eigenvalue weighted by atomic mass is 32.2. The molecule has 0 unspecified atom stereocenters. The fraction of sp³-hybridized carbons (Fsp3) is 0.421. The molecule has 0 saturated heterocycles. The number of hydrogen-bond donors (Lipinski definition) is 2. The molecule has 0 aliphatic carbocycles. The van der Waals surface area contributed by atoms with Gasteiger partial charge < -0.3 is 25.1 Å². The highest BCUT2D eigenvalue weighted by Crippen LogP contribution is 2.38. The molecule has 0 fully saturated rings. The van der Waals surface area contributed by atoms with Crippen LogP contribution in [0.5, 0.6) is 11.5 Å². The summed E-state index contributed by atoms with van der Waals surface area (Å²) in [4.78, 5) is 14.2. The van der Waals surface area contributed by atoms with E-state index in [-0.39, 0.29) is 12.2 Å². The molecule has 8 nitrogen and oxygen atoms in total. The number of hydrogen-bond acceptors (Lipinski definition) is 8. The molecule has 3 N–H and O–H groups in total. The largest absolute Gasteiger partial charge is 0.454 e. The maximum atomic E-state index is 6.03. The predicted octanol–water partition coefficient (Wildman–Crippen LogP) is 2.92. The molecule has 2 aromatic heterocycles. The number of nitrogens with two attached hydrogens (primary N) is 1. The summed E-state index contributed by atoms with van der Waals surface area (Å²) in [6.07, 6.45) is 1.48. The lowest BCUT2D eigenvalue weighted by Crippen LogP contribution is -2.29. The van der Waals surface area contributed by atoms with Crippen LogP contribution < -0.4 is 20.5 Å². The van der Waals surface area contributed by atoms with E-state index in [0.29, 0.717) is 11.3 Å². The minimum absolute atomic E-state index is 0.230. The van der Waals surface area contributed by atoms with E-state index in [0.717, 1.165) is 46.8 Å². The van der Waals surface area contributed by atoms with Crippen LogP contribution in [0, 0.1) is 5.41 Å². The first kappa shape index (κ1) is 18.8. The number of nitrogen functional groups attached to an aromatic ring is 1. The van der Waals surface area contributed by atoms with Gasteiger partial charge in [0, 0.05) is 24.5 Å². The third-order valence-corrected chi connectivity index (χ3v) is 5.23. The molecule has 1 aliphatic heterocycles. The molecule has 148 valence electrons. The summed E-state index contributed by atoms with van der Waals surface area (Å²) in [5, 5.41) is 4.32. The molecule has 28 heavy (non-hydrogen) atoms. The number of imidazole rings is 1. The van der Waals surface area contributed by atoms with Crippen molar-refractivity contribution < 1.29 is 9.47 Å². The number of fused-ring (bicyclic) bond motifs is 2. The molecule has 0 atom stereocenters. The van der Waals surface area contributed by atoms with Gasteiger partial charge in [-0.2, -0.15) is 0 Å². The Hall–Kier alpha value is -2.52. The molecule has 0 amide bonds. The molecular formula is C19H24N6O2S. The third kappa shape index (κ3) is 4.00. The van der Waals surface area contributed by atoms with Gasteiger partial charge in [0.2, 0.25) is 6.79 Å². The SMILES string of the molecule is CC(C)(C)CNCCn1c(Sc2ccc3c(c2)OCO3)nc2c(N)ncnc21. The molecule has 0 bridgehead atoms. The lowest BCUT2D eigenvalue weighted by Gasteiger charge is -2.19. The van der Waals surface area contributed by atoms with Gasteiger partial charge in [0.1, 0.15) is 6.33 Å². The summed E-state index contributed by atoms with van der Waals surface area (Å²) >= 11 is 1.54. The quantitative estimate of drug-likeness (QED) is 0.609. The zero-order valence-corrected chi connectivity index (χ0v) is 17.0. The van der Waals surface area contributed by atoms with Gasteiger partial charge in [-0.3, -0.25) is 0 Å². The molecule has 3 aromatic rings. The van der Waals surface area contributed by atoms with E-state index < -0.39 is 0 Å². The maximum Gasteiger partial charge on any atom is 0.231 e. The summed E-state index contributed by atoms with van der Waals surface area (Å²) in [5.41, 5.74) is 7.63. The van der Waals surface area contributed by atoms with Crippen LogP contribution in [0.1, 0.15) is 20.8 Å². The van der Waals surface area contributed by atoms with E-state index in [4.69, 9.17) is 20.2 Å². The van der Waals surface area contributed by atoms with Gasteiger partial charge in [-0.15, -0.1) is 0 Å². The highest BCUT2D eigenvalue weighted by Gasteiger charge is 2.18. The summed E-state index contributed by atoms with van der Waals surface area (Å²) in [7, 11) is 0. The average molecular weight is 401 g/mol. The van der Waals surface area contributed by atoms with Crippen LogP contribution in [0.4, 0.5) is 5.82 Å². The van der Waals surface area contributed by atoms with Crippen molar-refractivity contribution in [2.24, 2.45) is 5.41 Å². The van der Waals surface area contributed by atoms with Crippen molar-refractivity contribution in [1.29, 1.82) is 0 Å². The van der Waals surface area contributed by atoms with Crippen molar-refractivity contribution in [1.82, 2.24) is 24.8 Å². The van der Waals surface area contributed by atoms with E-state index in [2.05, 4.69) is 40.6 Å². The Morgan fingerprint density at radius 1 is 1.21 bits per heavy atom. The number of ether oxygens (including phenoxy) is 2. The average Bonchev–Trinajstić information content (AvgIpc) is 3.23. The van der Waals surface area contributed by atoms with Gasteiger partial charge >= 0.3 is 0 Å². The Morgan fingerprint density at radius 2 is 2.04 bits per heavy atom. The Morgan fingerprint density at radius 3 is 2.86 bits per heavy atom. The van der Waals surface area contributed by atoms with Gasteiger partial charge in [0.05, 0.1) is 0 Å². The number of nitrogens with one attached hydrogen (secondary N) is 1. The number of anilines is 1. The van der Waals surface area contributed by atoms with Crippen LogP contribution in [0.3, 0.4) is 0 Å². The van der Waals surface area contributed by atoms with E-state index in [9.17, 15) is 0 Å². The Bertz CT molecular complexity index is 998. The van der Waals surface area contributed by atoms with Crippen LogP contribution >= 0.6 is 11.8 Å². The zero-order valence-electron chi connectivity index (χ0n) is 16.2. The summed E-state index contributed by atoms with van der Waals surface area (Å²) < 4.78 is 13.0. The summed E-state index contributed by atoms with van der Waals surface area (Å²) in [6, 6.07) is 5.87. The lowest BCUT2D eigenvalue weighted by molar-refractivity contribution is 0.174. The fourth-order valence-corrected chi connectivity index (χ4v) is 3.85. The lowest BCUT2D eigenvalue weighted by atomic mass is 9.97. The monoisotopic (exact) mass is 400 g/mol. The molecule has 0 spiro atoms. The van der Waals surface area contributed by atoms with Crippen molar-refractivity contribution in [3.8, 4) is 11.5 Å². The smallest absolute Gasteiger partial charge is 0.231 e. The molecular weight excluding hydrogens is 376 g/mol. The van der Waals surface area contributed by atoms with E-state index in [1.165, 1.54) is 6.33 Å². The van der Waals surface area contributed by atoms with Crippen molar-refractivity contribution in [3.63, 3.8) is 0 Å². The topological polar surface area (TPSA) is 100 Å². The second-order valence-electron chi connectivity index (χ2n) is 7.83. The molecule has 9 heteroatoms. The Labute approximate surface area is 167 Å². The van der Waals surface area contributed by atoms with Gasteiger partial charge in [0.25, 0.3) is 0 Å². The predicted molar refractivity (Wildman–Crippen MR) is 109 cm³/mol. The van der Waals surface area contributed by atoms with Crippen LogP contribution in [0.2, 0.25) is 0 Å². The highest BCUT2D eigenvalue weighted by molar-refractivity contribution is 7.99. The molecule has 0 saturated carbocycles. The minimum atomic E-state index is 0.230. The Balaban J connectivity index is 1.60. The van der Waals surface area contributed by atoms with Crippen molar-refractivity contribution in [2.75, 3.05) is 25.6 Å². The molecule has 0 radical (unpaired) electrons. The van der Waals surface area contributed by atoms with Crippen molar-refractivity contribution in [2.45, 2.75) is 37.4 Å². The molecule has 1 aromatic carbocycles. The maximum absolute atomic E-state index is 6.03. The van der Waals surface area contributed by atoms with Crippen LogP contribution in [-0.4, -0.2) is 39.4 Å². The number of aromatic nitrogens is 4. The van der Waals surface area contributed by atoms with E-state index in [1.807, 2.05) is 18.2 Å². The van der Waals surface area contributed by atoms with Crippen LogP contribution in [0.25, 0.3) is 11.2 Å². The summed E-state index contributed by atoms with van der Waals surface area (Å²) in [6.45, 7) is 9.36. The second-order valence-corrected chi connectivity index (χ2v) is 8.87. The third-order valence-electron chi connectivity index (χ3n) is 4.25. The minimum Gasteiger partial charge on any atom is -0.454 e. The van der Waals surface area contributed by atoms with Crippen molar-refractivity contribution in [3.05, 3.63) is 24.5 Å². The molecule has 4 rings (SSSR count). The fourth-order valence-electron chi connectivity index (χ4n) is 2.91. The van der Waals surface area contributed by atoms with E-state index >= 15 is 0 Å². The zero-order chi connectivity index (χ0) is 19.7. The van der Waals surface area contributed by atoms with Gasteiger partial charge in [-0.1, -0.05) is 32.5 Å². The standard InChI is InChI=1S/C19H24N6O2S/c1-19(2,3)9-21-6-7-25-17-15(16(20)22-10-23-17)24-18(25)28-12-4-5-13-14(8-12)27-11-26-13/h4-5,8,10,21H,6-7,9,11H2,1-3H3,(H2,20,22,23).